The quantitative estimate of drug-likeness (QED) is 0.726. The molecule has 8 heteroatoms. The molecule has 2 aliphatic rings. The number of sulfonamides is 1. The fourth-order valence-electron chi connectivity index (χ4n) is 3.91. The average molecular weight is 470 g/mol. The summed E-state index contributed by atoms with van der Waals surface area (Å²) in [4.78, 5) is 26.9. The van der Waals surface area contributed by atoms with Crippen molar-refractivity contribution in [1.82, 2.24) is 9.21 Å². The molecule has 1 aliphatic carbocycles. The van der Waals surface area contributed by atoms with Gasteiger partial charge < -0.3 is 10.2 Å². The van der Waals surface area contributed by atoms with Crippen molar-refractivity contribution in [2.24, 2.45) is 5.92 Å². The van der Waals surface area contributed by atoms with E-state index in [1.807, 2.05) is 12.1 Å². The lowest BCUT2D eigenvalue weighted by atomic mass is 9.87. The average Bonchev–Trinajstić information content (AvgIpc) is 3.64. The van der Waals surface area contributed by atoms with E-state index in [4.69, 9.17) is 0 Å². The molecule has 2 aromatic carbocycles. The number of nitrogens with zero attached hydrogens (tertiary/aromatic N) is 2. The van der Waals surface area contributed by atoms with Gasteiger partial charge in [0.25, 0.3) is 5.91 Å². The van der Waals surface area contributed by atoms with E-state index in [1.54, 1.807) is 41.3 Å². The minimum atomic E-state index is -3.61. The number of hydrogen-bond acceptors (Lipinski definition) is 4. The van der Waals surface area contributed by atoms with E-state index in [0.717, 1.165) is 18.4 Å². The first-order chi connectivity index (χ1) is 15.6. The van der Waals surface area contributed by atoms with E-state index in [1.165, 1.54) is 4.31 Å². The third-order valence-electron chi connectivity index (χ3n) is 6.21. The first-order valence-corrected chi connectivity index (χ1v) is 12.8. The van der Waals surface area contributed by atoms with Gasteiger partial charge in [-0.25, -0.2) is 8.42 Å². The van der Waals surface area contributed by atoms with Crippen LogP contribution in [0, 0.1) is 5.92 Å². The zero-order chi connectivity index (χ0) is 23.8. The molecule has 0 atom stereocenters. The molecule has 2 amide bonds. The first-order valence-electron chi connectivity index (χ1n) is 11.4. The number of carbonyl (C=O) groups is 2. The van der Waals surface area contributed by atoms with Crippen LogP contribution in [0.3, 0.4) is 0 Å². The molecule has 1 saturated carbocycles. The van der Waals surface area contributed by atoms with Crippen molar-refractivity contribution < 1.29 is 18.0 Å². The van der Waals surface area contributed by atoms with Crippen molar-refractivity contribution in [3.05, 3.63) is 59.7 Å². The monoisotopic (exact) mass is 469 g/mol. The molecule has 1 N–H and O–H groups in total. The summed E-state index contributed by atoms with van der Waals surface area (Å²) in [5.41, 5.74) is 2.12. The second kappa shape index (κ2) is 8.91. The normalized spacial score (nSPS) is 17.6. The molecule has 33 heavy (non-hydrogen) atoms. The second-order valence-corrected chi connectivity index (χ2v) is 11.8. The number of carbonyl (C=O) groups excluding carboxylic acids is 2. The summed E-state index contributed by atoms with van der Waals surface area (Å²) in [7, 11) is -3.61. The van der Waals surface area contributed by atoms with Crippen LogP contribution in [0.15, 0.2) is 53.4 Å². The maximum absolute atomic E-state index is 13.1. The fraction of sp³-hybridized carbons (Fsp3) is 0.440. The Hall–Kier alpha value is -2.71. The predicted molar refractivity (Wildman–Crippen MR) is 128 cm³/mol. The highest BCUT2D eigenvalue weighted by molar-refractivity contribution is 7.89. The van der Waals surface area contributed by atoms with Gasteiger partial charge in [0.1, 0.15) is 0 Å². The summed E-state index contributed by atoms with van der Waals surface area (Å²) in [5.74, 6) is -0.0814. The highest BCUT2D eigenvalue weighted by Gasteiger charge is 2.32. The van der Waals surface area contributed by atoms with Crippen LogP contribution < -0.4 is 5.32 Å². The van der Waals surface area contributed by atoms with Crippen molar-refractivity contribution in [3.8, 4) is 0 Å². The highest BCUT2D eigenvalue weighted by atomic mass is 32.2. The standard InChI is InChI=1S/C25H31N3O4S/c1-25(2,3)20-9-11-22(12-10-20)33(31,32)28-15-13-27(14-16-28)24(30)19-5-4-6-21(17-19)26-23(29)18-7-8-18/h4-6,9-12,17-18H,7-8,13-16H2,1-3H3,(H,26,29). The van der Waals surface area contributed by atoms with Crippen LogP contribution in [0.1, 0.15) is 49.5 Å². The summed E-state index contributed by atoms with van der Waals surface area (Å²) < 4.78 is 27.6. The van der Waals surface area contributed by atoms with Crippen LogP contribution in [0.5, 0.6) is 0 Å². The molecular formula is C25H31N3O4S. The molecular weight excluding hydrogens is 438 g/mol. The molecule has 7 nitrogen and oxygen atoms in total. The third-order valence-corrected chi connectivity index (χ3v) is 8.12. The van der Waals surface area contributed by atoms with Gasteiger partial charge in [0.05, 0.1) is 4.90 Å². The van der Waals surface area contributed by atoms with Gasteiger partial charge >= 0.3 is 0 Å². The lowest BCUT2D eigenvalue weighted by Gasteiger charge is -2.34. The largest absolute Gasteiger partial charge is 0.336 e. The molecule has 1 saturated heterocycles. The van der Waals surface area contributed by atoms with E-state index in [2.05, 4.69) is 26.1 Å². The number of benzene rings is 2. The fourth-order valence-corrected chi connectivity index (χ4v) is 5.33. The van der Waals surface area contributed by atoms with Crippen molar-refractivity contribution in [1.29, 1.82) is 0 Å². The minimum Gasteiger partial charge on any atom is -0.336 e. The molecule has 1 heterocycles. The van der Waals surface area contributed by atoms with Crippen molar-refractivity contribution >= 4 is 27.5 Å². The predicted octanol–water partition coefficient (Wildman–Crippen LogP) is 3.48. The molecule has 0 spiro atoms. The van der Waals surface area contributed by atoms with Gasteiger partial charge in [0, 0.05) is 43.3 Å². The Bertz CT molecular complexity index is 1140. The summed E-state index contributed by atoms with van der Waals surface area (Å²) in [6.45, 7) is 7.38. The van der Waals surface area contributed by atoms with Crippen molar-refractivity contribution in [2.45, 2.75) is 43.9 Å². The number of nitrogens with one attached hydrogen (secondary N) is 1. The Kier molecular flexibility index (Phi) is 6.33. The van der Waals surface area contributed by atoms with Gasteiger partial charge in [-0.15, -0.1) is 0 Å². The van der Waals surface area contributed by atoms with Crippen LogP contribution in [-0.4, -0.2) is 55.6 Å². The maximum Gasteiger partial charge on any atom is 0.254 e. The first kappa shape index (κ1) is 23.4. The number of piperazine rings is 1. The van der Waals surface area contributed by atoms with E-state index < -0.39 is 10.0 Å². The zero-order valence-corrected chi connectivity index (χ0v) is 20.2. The molecule has 1 aliphatic heterocycles. The van der Waals surface area contributed by atoms with E-state index in [-0.39, 0.29) is 41.1 Å². The Labute approximate surface area is 195 Å². The Morgan fingerprint density at radius 2 is 1.58 bits per heavy atom. The Morgan fingerprint density at radius 1 is 0.939 bits per heavy atom. The Morgan fingerprint density at radius 3 is 2.15 bits per heavy atom. The summed E-state index contributed by atoms with van der Waals surface area (Å²) >= 11 is 0. The van der Waals surface area contributed by atoms with Crippen LogP contribution in [0.25, 0.3) is 0 Å². The van der Waals surface area contributed by atoms with Crippen LogP contribution in [0.4, 0.5) is 5.69 Å². The number of anilines is 1. The summed E-state index contributed by atoms with van der Waals surface area (Å²) in [5, 5.41) is 2.86. The van der Waals surface area contributed by atoms with Gasteiger partial charge in [-0.2, -0.15) is 4.31 Å². The Balaban J connectivity index is 1.39. The van der Waals surface area contributed by atoms with Crippen molar-refractivity contribution in [3.63, 3.8) is 0 Å². The van der Waals surface area contributed by atoms with Crippen LogP contribution >= 0.6 is 0 Å². The lowest BCUT2D eigenvalue weighted by molar-refractivity contribution is -0.117. The van der Waals surface area contributed by atoms with Gasteiger partial charge in [-0.1, -0.05) is 39.0 Å². The minimum absolute atomic E-state index is 0.00560. The molecule has 176 valence electrons. The van der Waals surface area contributed by atoms with Gasteiger partial charge in [-0.05, 0) is 54.2 Å². The smallest absolute Gasteiger partial charge is 0.254 e. The number of hydrogen-bond donors (Lipinski definition) is 1. The van der Waals surface area contributed by atoms with E-state index in [9.17, 15) is 18.0 Å². The lowest BCUT2D eigenvalue weighted by Crippen LogP contribution is -2.50. The SMILES string of the molecule is CC(C)(C)c1ccc(S(=O)(=O)N2CCN(C(=O)c3cccc(NC(=O)C4CC4)c3)CC2)cc1. The molecule has 0 unspecified atom stereocenters. The van der Waals surface area contributed by atoms with E-state index >= 15 is 0 Å². The topological polar surface area (TPSA) is 86.8 Å². The molecule has 0 bridgehead atoms. The number of rotatable bonds is 5. The molecule has 0 aromatic heterocycles. The van der Waals surface area contributed by atoms with E-state index in [0.29, 0.717) is 24.3 Å². The van der Waals surface area contributed by atoms with Crippen LogP contribution in [0.2, 0.25) is 0 Å². The summed E-state index contributed by atoms with van der Waals surface area (Å²) in [6, 6.07) is 14.0. The zero-order valence-electron chi connectivity index (χ0n) is 19.4. The molecule has 2 aromatic rings. The number of amides is 2. The van der Waals surface area contributed by atoms with Gasteiger partial charge in [0.2, 0.25) is 15.9 Å². The van der Waals surface area contributed by atoms with Gasteiger partial charge in [0.15, 0.2) is 0 Å². The summed E-state index contributed by atoms with van der Waals surface area (Å²) in [6.07, 6.45) is 1.83. The highest BCUT2D eigenvalue weighted by Crippen LogP contribution is 2.30. The van der Waals surface area contributed by atoms with Crippen LogP contribution in [-0.2, 0) is 20.2 Å². The second-order valence-electron chi connectivity index (χ2n) is 9.81. The molecule has 2 fully saturated rings. The third kappa shape index (κ3) is 5.28. The molecule has 4 rings (SSSR count). The van der Waals surface area contributed by atoms with Crippen molar-refractivity contribution in [2.75, 3.05) is 31.5 Å². The molecule has 0 radical (unpaired) electrons. The maximum atomic E-state index is 13.1. The van der Waals surface area contributed by atoms with Gasteiger partial charge in [-0.3, -0.25) is 9.59 Å².